The van der Waals surface area contributed by atoms with E-state index in [4.69, 9.17) is 4.74 Å². The number of ether oxygens (including phenoxy) is 1. The Balaban J connectivity index is 2.08. The van der Waals surface area contributed by atoms with Crippen LogP contribution in [-0.4, -0.2) is 47.5 Å². The number of carbonyl (C=O) groups is 2. The van der Waals surface area contributed by atoms with Gasteiger partial charge in [0.25, 0.3) is 0 Å². The van der Waals surface area contributed by atoms with Crippen molar-refractivity contribution in [2.24, 2.45) is 5.41 Å². The van der Waals surface area contributed by atoms with Gasteiger partial charge >= 0.3 is 5.97 Å². The van der Waals surface area contributed by atoms with Crippen molar-refractivity contribution >= 4 is 23.6 Å². The van der Waals surface area contributed by atoms with Crippen LogP contribution in [0.25, 0.3) is 0 Å². The fraction of sp³-hybridized carbons (Fsp3) is 0.440. The van der Waals surface area contributed by atoms with Crippen LogP contribution >= 0.6 is 11.8 Å². The van der Waals surface area contributed by atoms with E-state index in [0.29, 0.717) is 12.0 Å². The van der Waals surface area contributed by atoms with E-state index in [1.165, 1.54) is 0 Å². The van der Waals surface area contributed by atoms with Gasteiger partial charge in [-0.1, -0.05) is 69.3 Å². The monoisotopic (exact) mass is 440 g/mol. The van der Waals surface area contributed by atoms with Crippen LogP contribution in [0.5, 0.6) is 0 Å². The number of nitrogens with zero attached hydrogens (tertiary/aromatic N) is 1. The molecule has 0 spiro atoms. The summed E-state index contributed by atoms with van der Waals surface area (Å²) in [6.45, 7) is 6.31. The maximum absolute atomic E-state index is 13.8. The summed E-state index contributed by atoms with van der Waals surface area (Å²) in [5.41, 5.74) is 0.0452. The van der Waals surface area contributed by atoms with Crippen molar-refractivity contribution < 1.29 is 14.3 Å². The molecular formula is C25H32N2O3S. The smallest absolute Gasteiger partial charge is 0.338 e. The van der Waals surface area contributed by atoms with Crippen LogP contribution in [0.3, 0.4) is 0 Å². The van der Waals surface area contributed by atoms with Crippen LogP contribution in [0, 0.1) is 5.41 Å². The van der Waals surface area contributed by atoms with Gasteiger partial charge < -0.3 is 9.64 Å². The molecule has 1 N–H and O–H groups in total. The first-order valence-corrected chi connectivity index (χ1v) is 11.9. The Kier molecular flexibility index (Phi) is 7.12. The molecule has 6 heteroatoms. The van der Waals surface area contributed by atoms with Gasteiger partial charge in [0.05, 0.1) is 11.7 Å². The summed E-state index contributed by atoms with van der Waals surface area (Å²) in [6.07, 6.45) is 1.64. The molecule has 3 rings (SSSR count). The van der Waals surface area contributed by atoms with Crippen LogP contribution in [0.15, 0.2) is 60.7 Å². The predicted octanol–water partition coefficient (Wildman–Crippen LogP) is 4.51. The van der Waals surface area contributed by atoms with Gasteiger partial charge in [-0.15, -0.1) is 0 Å². The maximum atomic E-state index is 13.8. The molecule has 1 unspecified atom stereocenters. The Morgan fingerprint density at radius 2 is 1.71 bits per heavy atom. The highest BCUT2D eigenvalue weighted by Gasteiger charge is 2.58. The predicted molar refractivity (Wildman–Crippen MR) is 126 cm³/mol. The van der Waals surface area contributed by atoms with Gasteiger partial charge in [0.2, 0.25) is 5.91 Å². The third-order valence-corrected chi connectivity index (χ3v) is 6.40. The van der Waals surface area contributed by atoms with E-state index in [9.17, 15) is 9.59 Å². The molecule has 31 heavy (non-hydrogen) atoms. The highest BCUT2D eigenvalue weighted by atomic mass is 32.2. The fourth-order valence-corrected chi connectivity index (χ4v) is 4.75. The van der Waals surface area contributed by atoms with E-state index in [0.717, 1.165) is 11.3 Å². The van der Waals surface area contributed by atoms with E-state index >= 15 is 0 Å². The molecule has 1 aliphatic heterocycles. The number of hydrogen-bond acceptors (Lipinski definition) is 5. The van der Waals surface area contributed by atoms with E-state index in [-0.39, 0.29) is 17.5 Å². The first kappa shape index (κ1) is 23.4. The van der Waals surface area contributed by atoms with Crippen molar-refractivity contribution in [2.75, 3.05) is 19.1 Å². The first-order chi connectivity index (χ1) is 14.7. The first-order valence-electron chi connectivity index (χ1n) is 10.6. The Morgan fingerprint density at radius 3 is 2.23 bits per heavy atom. The van der Waals surface area contributed by atoms with E-state index in [1.807, 2.05) is 49.7 Å². The zero-order valence-corrected chi connectivity index (χ0v) is 19.7. The summed E-state index contributed by atoms with van der Waals surface area (Å²) in [5, 5.41) is 3.62. The number of likely N-dealkylation sites (N-methyl/N-ethyl adjacent to an activating group) is 1. The number of benzene rings is 2. The molecule has 0 saturated carbocycles. The number of nitrogens with one attached hydrogen (secondary N) is 1. The number of hydrogen-bond donors (Lipinski definition) is 1. The molecule has 2 aromatic rings. The van der Waals surface area contributed by atoms with Crippen molar-refractivity contribution in [1.82, 2.24) is 10.2 Å². The molecule has 0 bridgehead atoms. The number of amides is 1. The highest BCUT2D eigenvalue weighted by molar-refractivity contribution is 7.98. The Bertz CT molecular complexity index is 898. The number of rotatable bonds is 7. The summed E-state index contributed by atoms with van der Waals surface area (Å²) in [6, 6.07) is 18.5. The molecule has 166 valence electrons. The zero-order chi connectivity index (χ0) is 22.6. The lowest BCUT2D eigenvalue weighted by atomic mass is 9.84. The maximum Gasteiger partial charge on any atom is 0.338 e. The summed E-state index contributed by atoms with van der Waals surface area (Å²) in [4.78, 5) is 28.6. The van der Waals surface area contributed by atoms with E-state index in [1.54, 1.807) is 40.9 Å². The summed E-state index contributed by atoms with van der Waals surface area (Å²) in [5.74, 6) is 0.279. The molecule has 1 heterocycles. The molecule has 1 aliphatic rings. The van der Waals surface area contributed by atoms with Gasteiger partial charge in [0.1, 0.15) is 5.54 Å². The molecule has 3 atom stereocenters. The summed E-state index contributed by atoms with van der Waals surface area (Å²) < 4.78 is 6.13. The second-order valence-electron chi connectivity index (χ2n) is 9.11. The van der Waals surface area contributed by atoms with Gasteiger partial charge in [0.15, 0.2) is 6.10 Å². The van der Waals surface area contributed by atoms with Crippen molar-refractivity contribution in [3.05, 3.63) is 71.8 Å². The third kappa shape index (κ3) is 4.80. The van der Waals surface area contributed by atoms with Gasteiger partial charge in [0, 0.05) is 7.05 Å². The van der Waals surface area contributed by atoms with Crippen LogP contribution in [0.1, 0.15) is 49.2 Å². The van der Waals surface area contributed by atoms with E-state index in [2.05, 4.69) is 26.1 Å². The minimum Gasteiger partial charge on any atom is -0.451 e. The largest absolute Gasteiger partial charge is 0.451 e. The van der Waals surface area contributed by atoms with Gasteiger partial charge in [-0.2, -0.15) is 11.8 Å². The van der Waals surface area contributed by atoms with Gasteiger partial charge in [-0.25, -0.2) is 4.79 Å². The number of carbonyl (C=O) groups excluding carboxylic acids is 2. The molecule has 5 nitrogen and oxygen atoms in total. The van der Waals surface area contributed by atoms with Crippen molar-refractivity contribution in [3.8, 4) is 0 Å². The van der Waals surface area contributed by atoms with Crippen LogP contribution in [0.2, 0.25) is 0 Å². The van der Waals surface area contributed by atoms with Crippen molar-refractivity contribution in [3.63, 3.8) is 0 Å². The Labute approximate surface area is 189 Å². The van der Waals surface area contributed by atoms with Crippen LogP contribution in [0.4, 0.5) is 0 Å². The molecule has 1 fully saturated rings. The molecule has 0 aromatic heterocycles. The zero-order valence-electron chi connectivity index (χ0n) is 18.9. The molecule has 0 aliphatic carbocycles. The molecule has 1 amide bonds. The molecule has 0 radical (unpaired) electrons. The van der Waals surface area contributed by atoms with E-state index < -0.39 is 17.6 Å². The second-order valence-corrected chi connectivity index (χ2v) is 10.1. The van der Waals surface area contributed by atoms with Crippen LogP contribution in [-0.2, 0) is 9.53 Å². The Hall–Kier alpha value is -2.31. The SMILES string of the molecule is CSCC[C@@]1(C(OC(=O)c2ccccc2)c2ccccc2)N[C@@H](C(C)(C)C)N(C)C1=O. The number of esters is 1. The van der Waals surface area contributed by atoms with Crippen molar-refractivity contribution in [2.45, 2.75) is 45.0 Å². The fourth-order valence-electron chi connectivity index (χ4n) is 4.22. The second kappa shape index (κ2) is 9.45. The Morgan fingerprint density at radius 1 is 1.13 bits per heavy atom. The summed E-state index contributed by atoms with van der Waals surface area (Å²) >= 11 is 1.68. The average molecular weight is 441 g/mol. The normalized spacial score (nSPS) is 22.4. The third-order valence-electron chi connectivity index (χ3n) is 5.79. The van der Waals surface area contributed by atoms with Gasteiger partial charge in [-0.3, -0.25) is 10.1 Å². The standard InChI is InChI=1S/C25H32N2O3S/c1-24(2,3)22-26-25(16-17-31-5,23(29)27(22)4)20(18-12-8-6-9-13-18)30-21(28)19-14-10-7-11-15-19/h6-15,20,22,26H,16-17H2,1-5H3/t20?,22-,25+/m1/s1. The lowest BCUT2D eigenvalue weighted by Gasteiger charge is -2.37. The molecule has 2 aromatic carbocycles. The van der Waals surface area contributed by atoms with Crippen molar-refractivity contribution in [1.29, 1.82) is 0 Å². The van der Waals surface area contributed by atoms with Gasteiger partial charge in [-0.05, 0) is 41.5 Å². The lowest BCUT2D eigenvalue weighted by Crippen LogP contribution is -2.55. The minimum absolute atomic E-state index is 0.0452. The van der Waals surface area contributed by atoms with Crippen LogP contribution < -0.4 is 5.32 Å². The molecule has 1 saturated heterocycles. The minimum atomic E-state index is -1.04. The number of thioether (sulfide) groups is 1. The quantitative estimate of drug-likeness (QED) is 0.642. The average Bonchev–Trinajstić information content (AvgIpc) is 3.03. The summed E-state index contributed by atoms with van der Waals surface area (Å²) in [7, 11) is 1.83. The highest BCUT2D eigenvalue weighted by Crippen LogP contribution is 2.42. The lowest BCUT2D eigenvalue weighted by molar-refractivity contribution is -0.136. The topological polar surface area (TPSA) is 58.6 Å². The molecular weight excluding hydrogens is 408 g/mol.